The van der Waals surface area contributed by atoms with Gasteiger partial charge in [0.25, 0.3) is 5.91 Å². The molecule has 7 heteroatoms. The van der Waals surface area contributed by atoms with E-state index in [0.717, 1.165) is 38.5 Å². The molecule has 1 aromatic rings. The number of anilines is 1. The molecular formula is C23H33N3O4. The van der Waals surface area contributed by atoms with Crippen LogP contribution >= 0.6 is 0 Å². The minimum absolute atomic E-state index is 0.0348. The van der Waals surface area contributed by atoms with Gasteiger partial charge in [0.1, 0.15) is 12.3 Å². The zero-order valence-electron chi connectivity index (χ0n) is 18.1. The van der Waals surface area contributed by atoms with E-state index in [1.165, 1.54) is 0 Å². The first kappa shape index (κ1) is 22.1. The van der Waals surface area contributed by atoms with Crippen LogP contribution < -0.4 is 15.0 Å². The van der Waals surface area contributed by atoms with Crippen LogP contribution in [-0.4, -0.2) is 54.4 Å². The molecule has 0 aliphatic carbocycles. The predicted molar refractivity (Wildman–Crippen MR) is 115 cm³/mol. The van der Waals surface area contributed by atoms with Crippen LogP contribution in [0, 0.1) is 0 Å². The summed E-state index contributed by atoms with van der Waals surface area (Å²) in [7, 11) is 0. The average Bonchev–Trinajstić information content (AvgIpc) is 2.76. The Hall–Kier alpha value is -2.57. The highest BCUT2D eigenvalue weighted by Crippen LogP contribution is 2.33. The van der Waals surface area contributed by atoms with Gasteiger partial charge in [-0.05, 0) is 37.8 Å². The number of carbonyl (C=O) groups is 3. The number of rotatable bonds is 6. The molecule has 0 bridgehead atoms. The van der Waals surface area contributed by atoms with Crippen molar-refractivity contribution in [3.63, 3.8) is 0 Å². The minimum Gasteiger partial charge on any atom is -0.477 e. The standard InChI is InChI=1S/C23H33N3O4/c1-3-17(4-2)24-23(29)20-15-26(18-11-8-9-12-19(18)30-20)22(28)16-25-14-10-6-5-7-13-21(25)27/h8-9,11-12,17,20H,3-7,10,13-16H2,1-2H3,(H,24,29). The number of likely N-dealkylation sites (tertiary alicyclic amines) is 1. The maximum atomic E-state index is 13.2. The molecule has 0 spiro atoms. The van der Waals surface area contributed by atoms with E-state index in [2.05, 4.69) is 5.32 Å². The van der Waals surface area contributed by atoms with Gasteiger partial charge in [-0.15, -0.1) is 0 Å². The molecule has 30 heavy (non-hydrogen) atoms. The summed E-state index contributed by atoms with van der Waals surface area (Å²) in [6, 6.07) is 7.34. The lowest BCUT2D eigenvalue weighted by molar-refractivity contribution is -0.136. The Morgan fingerprint density at radius 1 is 1.13 bits per heavy atom. The third kappa shape index (κ3) is 5.32. The molecule has 3 amide bonds. The molecule has 0 radical (unpaired) electrons. The Balaban J connectivity index is 1.75. The van der Waals surface area contributed by atoms with Gasteiger partial charge < -0.3 is 19.9 Å². The summed E-state index contributed by atoms with van der Waals surface area (Å²) in [5, 5.41) is 3.01. The van der Waals surface area contributed by atoms with E-state index < -0.39 is 6.10 Å². The molecular weight excluding hydrogens is 382 g/mol. The average molecular weight is 416 g/mol. The Labute approximate surface area is 178 Å². The summed E-state index contributed by atoms with van der Waals surface area (Å²) in [6.07, 6.45) is 5.34. The summed E-state index contributed by atoms with van der Waals surface area (Å²) in [5.74, 6) is 0.159. The van der Waals surface area contributed by atoms with Gasteiger partial charge in [-0.2, -0.15) is 0 Å². The van der Waals surface area contributed by atoms with Crippen LogP contribution in [0.1, 0.15) is 58.8 Å². The minimum atomic E-state index is -0.771. The zero-order valence-corrected chi connectivity index (χ0v) is 18.1. The molecule has 0 aromatic heterocycles. The smallest absolute Gasteiger partial charge is 0.263 e. The Bertz CT molecular complexity index is 763. The molecule has 2 aliphatic heterocycles. The Morgan fingerprint density at radius 3 is 2.63 bits per heavy atom. The first-order valence-corrected chi connectivity index (χ1v) is 11.2. The second-order valence-corrected chi connectivity index (χ2v) is 8.08. The van der Waals surface area contributed by atoms with Crippen LogP contribution in [0.25, 0.3) is 0 Å². The molecule has 1 unspecified atom stereocenters. The SMILES string of the molecule is CCC(CC)NC(=O)C1CN(C(=O)CN2CCCCCCC2=O)c2ccccc2O1. The number of carbonyl (C=O) groups excluding carboxylic acids is 3. The van der Waals surface area contributed by atoms with Gasteiger partial charge in [-0.1, -0.05) is 38.8 Å². The molecule has 2 heterocycles. The van der Waals surface area contributed by atoms with Crippen LogP contribution in [0.15, 0.2) is 24.3 Å². The van der Waals surface area contributed by atoms with Crippen molar-refractivity contribution in [1.29, 1.82) is 0 Å². The van der Waals surface area contributed by atoms with Crippen molar-refractivity contribution < 1.29 is 19.1 Å². The monoisotopic (exact) mass is 415 g/mol. The number of amides is 3. The van der Waals surface area contributed by atoms with Crippen molar-refractivity contribution in [2.75, 3.05) is 24.5 Å². The van der Waals surface area contributed by atoms with Crippen molar-refractivity contribution in [3.8, 4) is 5.75 Å². The Kier molecular flexibility index (Phi) is 7.71. The second kappa shape index (κ2) is 10.5. The Morgan fingerprint density at radius 2 is 1.87 bits per heavy atom. The largest absolute Gasteiger partial charge is 0.477 e. The van der Waals surface area contributed by atoms with Crippen molar-refractivity contribution in [1.82, 2.24) is 10.2 Å². The second-order valence-electron chi connectivity index (χ2n) is 8.08. The summed E-state index contributed by atoms with van der Waals surface area (Å²) in [4.78, 5) is 41.7. The summed E-state index contributed by atoms with van der Waals surface area (Å²) in [5.41, 5.74) is 0.647. The number of ether oxygens (including phenoxy) is 1. The maximum absolute atomic E-state index is 13.2. The van der Waals surface area contributed by atoms with Crippen molar-refractivity contribution in [2.24, 2.45) is 0 Å². The molecule has 1 atom stereocenters. The molecule has 1 saturated heterocycles. The van der Waals surface area contributed by atoms with E-state index in [4.69, 9.17) is 4.74 Å². The predicted octanol–water partition coefficient (Wildman–Crippen LogP) is 2.88. The number of nitrogens with one attached hydrogen (secondary N) is 1. The number of hydrogen-bond donors (Lipinski definition) is 1. The van der Waals surface area contributed by atoms with Gasteiger partial charge in [0, 0.05) is 19.0 Å². The van der Waals surface area contributed by atoms with E-state index in [1.54, 1.807) is 15.9 Å². The lowest BCUT2D eigenvalue weighted by atomic mass is 10.1. The number of para-hydroxylation sites is 2. The van der Waals surface area contributed by atoms with Gasteiger partial charge >= 0.3 is 0 Å². The topological polar surface area (TPSA) is 79.0 Å². The number of fused-ring (bicyclic) bond motifs is 1. The van der Waals surface area contributed by atoms with E-state index in [9.17, 15) is 14.4 Å². The quantitative estimate of drug-likeness (QED) is 0.775. The molecule has 1 fully saturated rings. The van der Waals surface area contributed by atoms with Crippen LogP contribution in [0.2, 0.25) is 0 Å². The van der Waals surface area contributed by atoms with Crippen LogP contribution in [0.5, 0.6) is 5.75 Å². The molecule has 1 aromatic carbocycles. The first-order chi connectivity index (χ1) is 14.5. The summed E-state index contributed by atoms with van der Waals surface area (Å²) >= 11 is 0. The van der Waals surface area contributed by atoms with Gasteiger partial charge in [-0.25, -0.2) is 0 Å². The van der Waals surface area contributed by atoms with E-state index in [1.807, 2.05) is 32.0 Å². The highest BCUT2D eigenvalue weighted by molar-refractivity contribution is 5.99. The van der Waals surface area contributed by atoms with Crippen molar-refractivity contribution >= 4 is 23.4 Å². The van der Waals surface area contributed by atoms with Gasteiger partial charge in [-0.3, -0.25) is 14.4 Å². The molecule has 164 valence electrons. The van der Waals surface area contributed by atoms with Crippen LogP contribution in [-0.2, 0) is 14.4 Å². The van der Waals surface area contributed by atoms with E-state index in [0.29, 0.717) is 24.4 Å². The fourth-order valence-electron chi connectivity index (χ4n) is 4.03. The number of hydrogen-bond acceptors (Lipinski definition) is 4. The third-order valence-electron chi connectivity index (χ3n) is 5.95. The molecule has 2 aliphatic rings. The van der Waals surface area contributed by atoms with Gasteiger partial charge in [0.15, 0.2) is 6.10 Å². The molecule has 7 nitrogen and oxygen atoms in total. The number of nitrogens with zero attached hydrogens (tertiary/aromatic N) is 2. The molecule has 3 rings (SSSR count). The highest BCUT2D eigenvalue weighted by Gasteiger charge is 2.35. The summed E-state index contributed by atoms with van der Waals surface area (Å²) < 4.78 is 5.93. The first-order valence-electron chi connectivity index (χ1n) is 11.2. The molecule has 0 saturated carbocycles. The van der Waals surface area contributed by atoms with Crippen LogP contribution in [0.4, 0.5) is 5.69 Å². The lowest BCUT2D eigenvalue weighted by Crippen LogP contribution is -2.54. The normalized spacial score (nSPS) is 19.6. The lowest BCUT2D eigenvalue weighted by Gasteiger charge is -2.36. The molecule has 1 N–H and O–H groups in total. The maximum Gasteiger partial charge on any atom is 0.263 e. The van der Waals surface area contributed by atoms with Crippen molar-refractivity contribution in [3.05, 3.63) is 24.3 Å². The number of benzene rings is 1. The van der Waals surface area contributed by atoms with Gasteiger partial charge in [0.05, 0.1) is 12.2 Å². The fraction of sp³-hybridized carbons (Fsp3) is 0.609. The van der Waals surface area contributed by atoms with E-state index in [-0.39, 0.29) is 36.9 Å². The highest BCUT2D eigenvalue weighted by atomic mass is 16.5. The third-order valence-corrected chi connectivity index (χ3v) is 5.95. The fourth-order valence-corrected chi connectivity index (χ4v) is 4.03. The van der Waals surface area contributed by atoms with Crippen molar-refractivity contribution in [2.45, 2.75) is 70.9 Å². The summed E-state index contributed by atoms with van der Waals surface area (Å²) in [6.45, 7) is 4.84. The zero-order chi connectivity index (χ0) is 21.5. The van der Waals surface area contributed by atoms with E-state index >= 15 is 0 Å². The van der Waals surface area contributed by atoms with Crippen LogP contribution in [0.3, 0.4) is 0 Å². The van der Waals surface area contributed by atoms with Gasteiger partial charge in [0.2, 0.25) is 11.8 Å².